The topological polar surface area (TPSA) is 96.4 Å². The minimum atomic E-state index is -3.70. The molecule has 8 nitrogen and oxygen atoms in total. The second kappa shape index (κ2) is 7.21. The van der Waals surface area contributed by atoms with E-state index in [-0.39, 0.29) is 16.7 Å². The summed E-state index contributed by atoms with van der Waals surface area (Å²) in [5.74, 6) is 1.20. The Bertz CT molecular complexity index is 988. The second-order valence-corrected chi connectivity index (χ2v) is 9.33. The molecule has 0 aromatic carbocycles. The molecule has 4 rings (SSSR count). The van der Waals surface area contributed by atoms with E-state index in [9.17, 15) is 13.2 Å². The molecule has 1 amide bonds. The number of carbonyl (C=O) groups excluding carboxylic acids is 1. The van der Waals surface area contributed by atoms with Crippen molar-refractivity contribution in [1.29, 1.82) is 0 Å². The highest BCUT2D eigenvalue weighted by atomic mass is 32.2. The van der Waals surface area contributed by atoms with Crippen LogP contribution < -0.4 is 0 Å². The van der Waals surface area contributed by atoms with Crippen LogP contribution >= 0.6 is 0 Å². The standard InChI is InChI=1S/C19H23N5O3S/c1-13-11-16(13)19(25)23-7-9-24(10-8-23)28(26,27)17-12-21-18(22-14(17)2)15-3-5-20-6-4-15/h3-6,12-13,16H,7-11H2,1-2H3. The summed E-state index contributed by atoms with van der Waals surface area (Å²) in [5.41, 5.74) is 1.19. The Morgan fingerprint density at radius 3 is 2.36 bits per heavy atom. The molecule has 1 aliphatic carbocycles. The zero-order valence-corrected chi connectivity index (χ0v) is 16.8. The Balaban J connectivity index is 1.49. The number of hydrogen-bond acceptors (Lipinski definition) is 6. The molecule has 148 valence electrons. The number of amides is 1. The summed E-state index contributed by atoms with van der Waals surface area (Å²) in [7, 11) is -3.70. The van der Waals surface area contributed by atoms with E-state index in [2.05, 4.69) is 21.9 Å². The first kappa shape index (κ1) is 18.9. The third kappa shape index (κ3) is 3.51. The monoisotopic (exact) mass is 401 g/mol. The largest absolute Gasteiger partial charge is 0.340 e. The zero-order chi connectivity index (χ0) is 19.9. The van der Waals surface area contributed by atoms with E-state index in [0.717, 1.165) is 12.0 Å². The maximum atomic E-state index is 13.1. The predicted molar refractivity (Wildman–Crippen MR) is 103 cm³/mol. The predicted octanol–water partition coefficient (Wildman–Crippen LogP) is 1.34. The fraction of sp³-hybridized carbons (Fsp3) is 0.474. The summed E-state index contributed by atoms with van der Waals surface area (Å²) in [6.07, 6.45) is 5.60. The lowest BCUT2D eigenvalue weighted by Gasteiger charge is -2.34. The summed E-state index contributed by atoms with van der Waals surface area (Å²) in [6.45, 7) is 5.18. The van der Waals surface area contributed by atoms with Gasteiger partial charge in [0.1, 0.15) is 4.90 Å². The average molecular weight is 401 g/mol. The number of rotatable bonds is 4. The lowest BCUT2D eigenvalue weighted by molar-refractivity contribution is -0.134. The number of sulfonamides is 1. The van der Waals surface area contributed by atoms with Crippen LogP contribution in [0, 0.1) is 18.8 Å². The minimum Gasteiger partial charge on any atom is -0.340 e. The van der Waals surface area contributed by atoms with Crippen molar-refractivity contribution in [2.24, 2.45) is 11.8 Å². The molecule has 1 aliphatic heterocycles. The number of aromatic nitrogens is 3. The first-order chi connectivity index (χ1) is 13.4. The summed E-state index contributed by atoms with van der Waals surface area (Å²) < 4.78 is 27.5. The van der Waals surface area contributed by atoms with Crippen molar-refractivity contribution in [3.05, 3.63) is 36.4 Å². The molecule has 2 aromatic heterocycles. The Morgan fingerprint density at radius 2 is 1.79 bits per heavy atom. The Kier molecular flexibility index (Phi) is 4.88. The number of nitrogens with zero attached hydrogens (tertiary/aromatic N) is 5. The highest BCUT2D eigenvalue weighted by Crippen LogP contribution is 2.39. The summed E-state index contributed by atoms with van der Waals surface area (Å²) in [5, 5.41) is 0. The van der Waals surface area contributed by atoms with Gasteiger partial charge in [0, 0.05) is 50.1 Å². The van der Waals surface area contributed by atoms with Gasteiger partial charge in [0.15, 0.2) is 5.82 Å². The van der Waals surface area contributed by atoms with Gasteiger partial charge in [0.05, 0.1) is 11.9 Å². The number of aryl methyl sites for hydroxylation is 1. The lowest BCUT2D eigenvalue weighted by Crippen LogP contribution is -2.51. The molecular weight excluding hydrogens is 378 g/mol. The first-order valence-corrected chi connectivity index (χ1v) is 10.8. The number of piperazine rings is 1. The molecule has 1 saturated carbocycles. The van der Waals surface area contributed by atoms with Crippen molar-refractivity contribution in [3.63, 3.8) is 0 Å². The molecule has 2 fully saturated rings. The van der Waals surface area contributed by atoms with Crippen LogP contribution in [-0.2, 0) is 14.8 Å². The van der Waals surface area contributed by atoms with Crippen LogP contribution in [0.25, 0.3) is 11.4 Å². The fourth-order valence-corrected chi connectivity index (χ4v) is 5.07. The maximum Gasteiger partial charge on any atom is 0.246 e. The molecule has 28 heavy (non-hydrogen) atoms. The molecule has 2 unspecified atom stereocenters. The van der Waals surface area contributed by atoms with Gasteiger partial charge >= 0.3 is 0 Å². The van der Waals surface area contributed by atoms with E-state index in [1.165, 1.54) is 10.5 Å². The normalized spacial score (nSPS) is 22.9. The molecule has 0 bridgehead atoms. The van der Waals surface area contributed by atoms with Crippen molar-refractivity contribution >= 4 is 15.9 Å². The minimum absolute atomic E-state index is 0.112. The lowest BCUT2D eigenvalue weighted by atomic mass is 10.2. The van der Waals surface area contributed by atoms with Gasteiger partial charge < -0.3 is 4.90 Å². The van der Waals surface area contributed by atoms with Gasteiger partial charge in [-0.2, -0.15) is 4.31 Å². The maximum absolute atomic E-state index is 13.1. The highest BCUT2D eigenvalue weighted by Gasteiger charge is 2.42. The van der Waals surface area contributed by atoms with Crippen molar-refractivity contribution in [2.75, 3.05) is 26.2 Å². The molecule has 9 heteroatoms. The molecule has 1 saturated heterocycles. The van der Waals surface area contributed by atoms with Gasteiger partial charge in [0.2, 0.25) is 15.9 Å². The van der Waals surface area contributed by atoms with Crippen LogP contribution in [0.15, 0.2) is 35.6 Å². The number of pyridine rings is 1. The molecule has 3 heterocycles. The summed E-state index contributed by atoms with van der Waals surface area (Å²) in [6, 6.07) is 3.56. The quantitative estimate of drug-likeness (QED) is 0.767. The zero-order valence-electron chi connectivity index (χ0n) is 15.9. The van der Waals surface area contributed by atoms with Crippen LogP contribution in [0.4, 0.5) is 0 Å². The molecule has 2 aliphatic rings. The van der Waals surface area contributed by atoms with Gasteiger partial charge in [0.25, 0.3) is 0 Å². The van der Waals surface area contributed by atoms with E-state index in [1.54, 1.807) is 36.4 Å². The van der Waals surface area contributed by atoms with Crippen LogP contribution in [0.2, 0.25) is 0 Å². The SMILES string of the molecule is Cc1nc(-c2ccncc2)ncc1S(=O)(=O)N1CCN(C(=O)C2CC2C)CC1. The first-order valence-electron chi connectivity index (χ1n) is 9.41. The van der Waals surface area contributed by atoms with E-state index < -0.39 is 10.0 Å². The van der Waals surface area contributed by atoms with Gasteiger partial charge in [-0.25, -0.2) is 18.4 Å². The van der Waals surface area contributed by atoms with Crippen molar-refractivity contribution in [2.45, 2.75) is 25.2 Å². The molecule has 0 spiro atoms. The number of carbonyl (C=O) groups is 1. The van der Waals surface area contributed by atoms with Crippen molar-refractivity contribution in [3.8, 4) is 11.4 Å². The van der Waals surface area contributed by atoms with Crippen LogP contribution in [0.5, 0.6) is 0 Å². The van der Waals surface area contributed by atoms with Crippen LogP contribution in [-0.4, -0.2) is 64.7 Å². The van der Waals surface area contributed by atoms with Crippen LogP contribution in [0.1, 0.15) is 19.0 Å². The van der Waals surface area contributed by atoms with Gasteiger partial charge in [-0.15, -0.1) is 0 Å². The molecule has 2 aromatic rings. The average Bonchev–Trinajstić information content (AvgIpc) is 3.44. The van der Waals surface area contributed by atoms with Gasteiger partial charge in [-0.1, -0.05) is 6.92 Å². The molecule has 2 atom stereocenters. The van der Waals surface area contributed by atoms with Crippen LogP contribution in [0.3, 0.4) is 0 Å². The van der Waals surface area contributed by atoms with Crippen molar-refractivity contribution in [1.82, 2.24) is 24.2 Å². The fourth-order valence-electron chi connectivity index (χ4n) is 3.54. The van der Waals surface area contributed by atoms with Crippen molar-refractivity contribution < 1.29 is 13.2 Å². The Labute approximate surface area is 164 Å². The van der Waals surface area contributed by atoms with E-state index in [1.807, 2.05) is 0 Å². The molecule has 0 N–H and O–H groups in total. The highest BCUT2D eigenvalue weighted by molar-refractivity contribution is 7.89. The number of hydrogen-bond donors (Lipinski definition) is 0. The van der Waals surface area contributed by atoms with E-state index >= 15 is 0 Å². The second-order valence-electron chi connectivity index (χ2n) is 7.43. The molecule has 0 radical (unpaired) electrons. The van der Waals surface area contributed by atoms with E-state index in [4.69, 9.17) is 0 Å². The Morgan fingerprint density at radius 1 is 1.14 bits per heavy atom. The molecular formula is C19H23N5O3S. The van der Waals surface area contributed by atoms with Gasteiger partial charge in [-0.3, -0.25) is 9.78 Å². The third-order valence-electron chi connectivity index (χ3n) is 5.47. The van der Waals surface area contributed by atoms with E-state index in [0.29, 0.717) is 43.6 Å². The Hall–Kier alpha value is -2.39. The smallest absolute Gasteiger partial charge is 0.246 e. The summed E-state index contributed by atoms with van der Waals surface area (Å²) in [4.78, 5) is 26.8. The van der Waals surface area contributed by atoms with Gasteiger partial charge in [-0.05, 0) is 31.4 Å². The summed E-state index contributed by atoms with van der Waals surface area (Å²) >= 11 is 0. The third-order valence-corrected chi connectivity index (χ3v) is 7.47.